The molecule has 0 bridgehead atoms. The predicted octanol–water partition coefficient (Wildman–Crippen LogP) is 1.56. The summed E-state index contributed by atoms with van der Waals surface area (Å²) in [5.74, 6) is 0.933. The first kappa shape index (κ1) is 14.2. The monoisotopic (exact) mass is 310 g/mol. The number of fused-ring (bicyclic) bond motifs is 1. The van der Waals surface area contributed by atoms with Crippen LogP contribution in [0.1, 0.15) is 23.6 Å². The SMILES string of the molecule is O=C(Nc1ccncc1)C1CC(c2ccc3c(c2)CCO3)NN1. The van der Waals surface area contributed by atoms with Crippen molar-refractivity contribution in [3.8, 4) is 5.75 Å². The van der Waals surface area contributed by atoms with Crippen molar-refractivity contribution in [1.82, 2.24) is 15.8 Å². The summed E-state index contributed by atoms with van der Waals surface area (Å²) >= 11 is 0. The number of hydrogen-bond acceptors (Lipinski definition) is 5. The topological polar surface area (TPSA) is 75.3 Å². The number of carbonyl (C=O) groups excluding carboxylic acids is 1. The number of rotatable bonds is 3. The van der Waals surface area contributed by atoms with Gasteiger partial charge in [-0.05, 0) is 35.7 Å². The summed E-state index contributed by atoms with van der Waals surface area (Å²) in [6, 6.07) is 9.66. The van der Waals surface area contributed by atoms with Crippen molar-refractivity contribution in [2.75, 3.05) is 11.9 Å². The fourth-order valence-electron chi connectivity index (χ4n) is 3.03. The second-order valence-electron chi connectivity index (χ2n) is 5.82. The van der Waals surface area contributed by atoms with E-state index in [0.29, 0.717) is 6.42 Å². The first-order valence-corrected chi connectivity index (χ1v) is 7.77. The van der Waals surface area contributed by atoms with E-state index in [1.165, 1.54) is 11.1 Å². The fourth-order valence-corrected chi connectivity index (χ4v) is 3.03. The van der Waals surface area contributed by atoms with Gasteiger partial charge < -0.3 is 10.1 Å². The molecule has 1 amide bonds. The highest BCUT2D eigenvalue weighted by atomic mass is 16.5. The Kier molecular flexibility index (Phi) is 3.69. The maximum atomic E-state index is 12.3. The molecule has 0 radical (unpaired) electrons. The molecule has 118 valence electrons. The Morgan fingerprint density at radius 1 is 1.22 bits per heavy atom. The Morgan fingerprint density at radius 2 is 2.09 bits per heavy atom. The molecular formula is C17H18N4O2. The smallest absolute Gasteiger partial charge is 0.242 e. The Morgan fingerprint density at radius 3 is 2.96 bits per heavy atom. The molecule has 1 aromatic heterocycles. The second-order valence-corrected chi connectivity index (χ2v) is 5.82. The molecule has 23 heavy (non-hydrogen) atoms. The molecule has 2 aromatic rings. The summed E-state index contributed by atoms with van der Waals surface area (Å²) in [4.78, 5) is 16.3. The molecule has 1 saturated heterocycles. The van der Waals surface area contributed by atoms with Crippen LogP contribution in [-0.4, -0.2) is 23.5 Å². The average Bonchev–Trinajstić information content (AvgIpc) is 3.24. The molecule has 1 fully saturated rings. The van der Waals surface area contributed by atoms with Gasteiger partial charge in [-0.15, -0.1) is 0 Å². The lowest BCUT2D eigenvalue weighted by Crippen LogP contribution is -2.39. The highest BCUT2D eigenvalue weighted by Gasteiger charge is 2.30. The molecule has 0 aliphatic carbocycles. The van der Waals surface area contributed by atoms with Crippen molar-refractivity contribution in [3.63, 3.8) is 0 Å². The average molecular weight is 310 g/mol. The van der Waals surface area contributed by atoms with Gasteiger partial charge in [0.2, 0.25) is 5.91 Å². The van der Waals surface area contributed by atoms with Crippen molar-refractivity contribution in [2.45, 2.75) is 24.9 Å². The highest BCUT2D eigenvalue weighted by molar-refractivity contribution is 5.94. The maximum Gasteiger partial charge on any atom is 0.242 e. The van der Waals surface area contributed by atoms with Crippen LogP contribution >= 0.6 is 0 Å². The maximum absolute atomic E-state index is 12.3. The van der Waals surface area contributed by atoms with Crippen molar-refractivity contribution < 1.29 is 9.53 Å². The number of hydrogen-bond donors (Lipinski definition) is 3. The molecular weight excluding hydrogens is 292 g/mol. The normalized spacial score (nSPS) is 22.4. The number of hydrazine groups is 1. The van der Waals surface area contributed by atoms with E-state index in [9.17, 15) is 4.79 Å². The van der Waals surface area contributed by atoms with Crippen LogP contribution in [0, 0.1) is 0 Å². The van der Waals surface area contributed by atoms with Gasteiger partial charge in [-0.2, -0.15) is 0 Å². The molecule has 4 rings (SSSR count). The lowest BCUT2D eigenvalue weighted by Gasteiger charge is -2.11. The Hall–Kier alpha value is -2.44. The molecule has 6 nitrogen and oxygen atoms in total. The van der Waals surface area contributed by atoms with Gasteiger partial charge in [0.15, 0.2) is 0 Å². The number of nitrogens with zero attached hydrogens (tertiary/aromatic N) is 1. The van der Waals surface area contributed by atoms with E-state index < -0.39 is 0 Å². The number of ether oxygens (including phenoxy) is 1. The Balaban J connectivity index is 1.42. The van der Waals surface area contributed by atoms with Gasteiger partial charge in [-0.25, -0.2) is 10.9 Å². The van der Waals surface area contributed by atoms with Crippen molar-refractivity contribution >= 4 is 11.6 Å². The number of nitrogens with one attached hydrogen (secondary N) is 3. The van der Waals surface area contributed by atoms with Crippen LogP contribution in [0.5, 0.6) is 5.75 Å². The van der Waals surface area contributed by atoms with E-state index in [-0.39, 0.29) is 18.0 Å². The standard InChI is InChI=1S/C17H18N4O2/c22-17(19-13-3-6-18-7-4-13)15-10-14(20-21-15)11-1-2-16-12(9-11)5-8-23-16/h1-4,6-7,9,14-15,20-21H,5,8,10H2,(H,18,19,22). The van der Waals surface area contributed by atoms with Crippen LogP contribution in [0.2, 0.25) is 0 Å². The van der Waals surface area contributed by atoms with Crippen LogP contribution in [-0.2, 0) is 11.2 Å². The van der Waals surface area contributed by atoms with Gasteiger partial charge >= 0.3 is 0 Å². The van der Waals surface area contributed by atoms with Gasteiger partial charge in [0.1, 0.15) is 11.8 Å². The summed E-state index contributed by atoms with van der Waals surface area (Å²) < 4.78 is 5.54. The predicted molar refractivity (Wildman–Crippen MR) is 85.9 cm³/mol. The lowest BCUT2D eigenvalue weighted by atomic mass is 9.99. The minimum Gasteiger partial charge on any atom is -0.493 e. The largest absolute Gasteiger partial charge is 0.493 e. The van der Waals surface area contributed by atoms with Crippen LogP contribution in [0.3, 0.4) is 0 Å². The van der Waals surface area contributed by atoms with Crippen molar-refractivity contribution in [2.24, 2.45) is 0 Å². The number of pyridine rings is 1. The number of benzene rings is 1. The van der Waals surface area contributed by atoms with Crippen LogP contribution in [0.25, 0.3) is 0 Å². The summed E-state index contributed by atoms with van der Waals surface area (Å²) in [5, 5.41) is 2.90. The zero-order chi connectivity index (χ0) is 15.6. The zero-order valence-corrected chi connectivity index (χ0v) is 12.6. The fraction of sp³-hybridized carbons (Fsp3) is 0.294. The molecule has 2 atom stereocenters. The van der Waals surface area contributed by atoms with Crippen LogP contribution in [0.4, 0.5) is 5.69 Å². The van der Waals surface area contributed by atoms with Crippen LogP contribution < -0.4 is 20.9 Å². The highest BCUT2D eigenvalue weighted by Crippen LogP contribution is 2.30. The van der Waals surface area contributed by atoms with Gasteiger partial charge in [0, 0.05) is 30.5 Å². The number of amides is 1. The first-order chi connectivity index (χ1) is 11.3. The number of anilines is 1. The van der Waals surface area contributed by atoms with E-state index in [0.717, 1.165) is 24.5 Å². The molecule has 2 aliphatic heterocycles. The van der Waals surface area contributed by atoms with Gasteiger partial charge in [0.05, 0.1) is 6.61 Å². The molecule has 1 aromatic carbocycles. The molecule has 3 N–H and O–H groups in total. The zero-order valence-electron chi connectivity index (χ0n) is 12.6. The van der Waals surface area contributed by atoms with Gasteiger partial charge in [0.25, 0.3) is 0 Å². The van der Waals surface area contributed by atoms with E-state index in [1.807, 2.05) is 6.07 Å². The van der Waals surface area contributed by atoms with Gasteiger partial charge in [-0.1, -0.05) is 12.1 Å². The quantitative estimate of drug-likeness (QED) is 0.802. The molecule has 0 spiro atoms. The van der Waals surface area contributed by atoms with E-state index >= 15 is 0 Å². The minimum absolute atomic E-state index is 0.0457. The van der Waals surface area contributed by atoms with Crippen LogP contribution in [0.15, 0.2) is 42.7 Å². The summed E-state index contributed by atoms with van der Waals surface area (Å²) in [6.45, 7) is 0.756. The summed E-state index contributed by atoms with van der Waals surface area (Å²) in [6.07, 6.45) is 4.97. The molecule has 3 heterocycles. The first-order valence-electron chi connectivity index (χ1n) is 7.77. The van der Waals surface area contributed by atoms with Gasteiger partial charge in [-0.3, -0.25) is 9.78 Å². The third-order valence-corrected chi connectivity index (χ3v) is 4.28. The molecule has 6 heteroatoms. The molecule has 2 aliphatic rings. The summed E-state index contributed by atoms with van der Waals surface area (Å²) in [5.41, 5.74) is 9.48. The van der Waals surface area contributed by atoms with Crippen molar-refractivity contribution in [3.05, 3.63) is 53.9 Å². The minimum atomic E-state index is -0.266. The van der Waals surface area contributed by atoms with E-state index in [4.69, 9.17) is 4.74 Å². The van der Waals surface area contributed by atoms with Crippen molar-refractivity contribution in [1.29, 1.82) is 0 Å². The molecule has 0 saturated carbocycles. The number of aromatic nitrogens is 1. The molecule has 2 unspecified atom stereocenters. The Labute approximate surface area is 134 Å². The summed E-state index contributed by atoms with van der Waals surface area (Å²) in [7, 11) is 0. The third-order valence-electron chi connectivity index (χ3n) is 4.28. The third kappa shape index (κ3) is 2.91. The number of carbonyl (C=O) groups is 1. The lowest BCUT2D eigenvalue weighted by molar-refractivity contribution is -0.117. The van der Waals surface area contributed by atoms with E-state index in [2.05, 4.69) is 33.3 Å². The Bertz CT molecular complexity index is 720. The van der Waals surface area contributed by atoms with E-state index in [1.54, 1.807) is 24.5 Å². The second kappa shape index (κ2) is 5.98.